The first-order valence-electron chi connectivity index (χ1n) is 12.2. The van der Waals surface area contributed by atoms with Crippen molar-refractivity contribution >= 4 is 28.9 Å². The van der Waals surface area contributed by atoms with Crippen LogP contribution in [0.5, 0.6) is 0 Å². The minimum absolute atomic E-state index is 0.308. The van der Waals surface area contributed by atoms with Crippen molar-refractivity contribution in [3.05, 3.63) is 99.5 Å². The first-order chi connectivity index (χ1) is 16.1. The van der Waals surface area contributed by atoms with Crippen molar-refractivity contribution < 1.29 is 0 Å². The minimum Gasteiger partial charge on any atom is -0.362 e. The summed E-state index contributed by atoms with van der Waals surface area (Å²) in [5.74, 6) is 0.715. The number of hydrogen-bond donors (Lipinski definition) is 0. The van der Waals surface area contributed by atoms with Crippen LogP contribution in [-0.2, 0) is 0 Å². The zero-order chi connectivity index (χ0) is 22.8. The quantitative estimate of drug-likeness (QED) is 0.375. The fourth-order valence-electron chi connectivity index (χ4n) is 5.83. The molecule has 3 aromatic rings. The summed E-state index contributed by atoms with van der Waals surface area (Å²) in [5, 5.41) is 1.59. The van der Waals surface area contributed by atoms with Gasteiger partial charge in [0.2, 0.25) is 0 Å². The third kappa shape index (κ3) is 5.09. The number of halogens is 2. The molecule has 0 amide bonds. The minimum atomic E-state index is 0.308. The van der Waals surface area contributed by atoms with Crippen LogP contribution in [0.2, 0.25) is 10.0 Å². The smallest absolute Gasteiger partial charge is 0.0670 e. The van der Waals surface area contributed by atoms with Crippen LogP contribution < -0.4 is 4.90 Å². The number of hydrogen-bond acceptors (Lipinski definition) is 2. The van der Waals surface area contributed by atoms with Gasteiger partial charge in [0.25, 0.3) is 0 Å². The average Bonchev–Trinajstić information content (AvgIpc) is 2.85. The maximum atomic E-state index is 6.27. The molecule has 0 spiro atoms. The van der Waals surface area contributed by atoms with Crippen LogP contribution in [0.15, 0.2) is 72.8 Å². The van der Waals surface area contributed by atoms with E-state index in [0.717, 1.165) is 29.7 Å². The molecule has 33 heavy (non-hydrogen) atoms. The number of rotatable bonds is 4. The largest absolute Gasteiger partial charge is 0.362 e. The Morgan fingerprint density at radius 2 is 1.42 bits per heavy atom. The van der Waals surface area contributed by atoms with E-state index in [1.54, 1.807) is 0 Å². The lowest BCUT2D eigenvalue weighted by atomic mass is 9.81. The highest BCUT2D eigenvalue weighted by atomic mass is 35.5. The van der Waals surface area contributed by atoms with Crippen LogP contribution in [0.3, 0.4) is 0 Å². The summed E-state index contributed by atoms with van der Waals surface area (Å²) in [4.78, 5) is 5.32. The van der Waals surface area contributed by atoms with E-state index in [9.17, 15) is 0 Å². The number of anilines is 1. The molecule has 0 N–H and O–H groups in total. The maximum absolute atomic E-state index is 6.27. The van der Waals surface area contributed by atoms with Crippen molar-refractivity contribution in [1.82, 2.24) is 4.90 Å². The molecule has 2 nitrogen and oxygen atoms in total. The lowest BCUT2D eigenvalue weighted by Crippen LogP contribution is -2.52. The molecule has 172 valence electrons. The molecule has 0 bridgehead atoms. The predicted octanol–water partition coefficient (Wildman–Crippen LogP) is 7.89. The van der Waals surface area contributed by atoms with Crippen LogP contribution in [-0.4, -0.2) is 30.6 Å². The van der Waals surface area contributed by atoms with Gasteiger partial charge in [-0.3, -0.25) is 4.90 Å². The zero-order valence-corrected chi connectivity index (χ0v) is 20.8. The summed E-state index contributed by atoms with van der Waals surface area (Å²) in [6.45, 7) is 5.34. The number of piperazine rings is 1. The molecular formula is C29H32Cl2N2. The lowest BCUT2D eigenvalue weighted by Gasteiger charge is -2.47. The molecule has 1 heterocycles. The molecule has 1 atom stereocenters. The topological polar surface area (TPSA) is 6.48 Å². The molecule has 2 fully saturated rings. The summed E-state index contributed by atoms with van der Waals surface area (Å²) in [6, 6.07) is 26.8. The van der Waals surface area contributed by atoms with Crippen LogP contribution in [0.1, 0.15) is 54.3 Å². The molecule has 3 aromatic carbocycles. The van der Waals surface area contributed by atoms with E-state index in [-0.39, 0.29) is 0 Å². The second kappa shape index (κ2) is 10.1. The normalized spacial score (nSPS) is 24.1. The third-order valence-corrected chi connectivity index (χ3v) is 8.11. The van der Waals surface area contributed by atoms with Gasteiger partial charge in [-0.1, -0.05) is 65.7 Å². The van der Waals surface area contributed by atoms with Crippen LogP contribution in [0.25, 0.3) is 0 Å². The van der Waals surface area contributed by atoms with Crippen LogP contribution in [0, 0.1) is 6.92 Å². The Morgan fingerprint density at radius 3 is 2.12 bits per heavy atom. The van der Waals surface area contributed by atoms with E-state index < -0.39 is 0 Å². The number of benzene rings is 3. The molecule has 5 rings (SSSR count). The zero-order valence-electron chi connectivity index (χ0n) is 19.3. The Labute approximate surface area is 208 Å². The monoisotopic (exact) mass is 478 g/mol. The highest BCUT2D eigenvalue weighted by molar-refractivity contribution is 6.31. The van der Waals surface area contributed by atoms with Crippen molar-refractivity contribution in [3.63, 3.8) is 0 Å². The van der Waals surface area contributed by atoms with Gasteiger partial charge < -0.3 is 4.90 Å². The van der Waals surface area contributed by atoms with Gasteiger partial charge in [-0.2, -0.15) is 0 Å². The first-order valence-corrected chi connectivity index (χ1v) is 12.9. The Balaban J connectivity index is 1.34. The summed E-state index contributed by atoms with van der Waals surface area (Å²) in [5.41, 5.74) is 5.36. The van der Waals surface area contributed by atoms with E-state index in [2.05, 4.69) is 71.3 Å². The van der Waals surface area contributed by atoms with Gasteiger partial charge in [0.1, 0.15) is 0 Å². The van der Waals surface area contributed by atoms with Crippen molar-refractivity contribution in [2.24, 2.45) is 0 Å². The molecule has 2 aliphatic rings. The molecule has 1 saturated heterocycles. The SMILES string of the molecule is Cc1cc(Cl)ccc1N1CCN(C2CCC(c3ccccc3)CC2)CC1c1ccc(Cl)cc1. The third-order valence-electron chi connectivity index (χ3n) is 7.62. The first kappa shape index (κ1) is 22.8. The second-order valence-electron chi connectivity index (χ2n) is 9.60. The molecule has 1 saturated carbocycles. The molecule has 1 unspecified atom stereocenters. The maximum Gasteiger partial charge on any atom is 0.0670 e. The Morgan fingerprint density at radius 1 is 0.727 bits per heavy atom. The second-order valence-corrected chi connectivity index (χ2v) is 10.5. The Bertz CT molecular complexity index is 1060. The molecule has 0 radical (unpaired) electrons. The Hall–Kier alpha value is -2.00. The van der Waals surface area contributed by atoms with Crippen LogP contribution >= 0.6 is 23.2 Å². The summed E-state index contributed by atoms with van der Waals surface area (Å²) < 4.78 is 0. The van der Waals surface area contributed by atoms with Gasteiger partial charge in [-0.25, -0.2) is 0 Å². The Kier molecular flexibility index (Phi) is 6.97. The molecule has 0 aromatic heterocycles. The van der Waals surface area contributed by atoms with Gasteiger partial charge in [-0.05, 0) is 85.5 Å². The summed E-state index contributed by atoms with van der Waals surface area (Å²) >= 11 is 12.5. The summed E-state index contributed by atoms with van der Waals surface area (Å²) in [6.07, 6.45) is 5.15. The summed E-state index contributed by atoms with van der Waals surface area (Å²) in [7, 11) is 0. The fraction of sp³-hybridized carbons (Fsp3) is 0.379. The predicted molar refractivity (Wildman–Crippen MR) is 141 cm³/mol. The highest BCUT2D eigenvalue weighted by Gasteiger charge is 2.34. The van der Waals surface area contributed by atoms with Crippen molar-refractivity contribution in [1.29, 1.82) is 0 Å². The highest BCUT2D eigenvalue weighted by Crippen LogP contribution is 2.39. The van der Waals surface area contributed by atoms with Gasteiger partial charge in [-0.15, -0.1) is 0 Å². The molecule has 1 aliphatic heterocycles. The fourth-order valence-corrected chi connectivity index (χ4v) is 6.19. The van der Waals surface area contributed by atoms with Crippen molar-refractivity contribution in [3.8, 4) is 0 Å². The van der Waals surface area contributed by atoms with Gasteiger partial charge >= 0.3 is 0 Å². The molecular weight excluding hydrogens is 447 g/mol. The van der Waals surface area contributed by atoms with E-state index in [1.807, 2.05) is 18.2 Å². The van der Waals surface area contributed by atoms with E-state index in [0.29, 0.717) is 18.0 Å². The number of nitrogens with zero attached hydrogens (tertiary/aromatic N) is 2. The van der Waals surface area contributed by atoms with E-state index in [4.69, 9.17) is 23.2 Å². The van der Waals surface area contributed by atoms with E-state index >= 15 is 0 Å². The lowest BCUT2D eigenvalue weighted by molar-refractivity contribution is 0.123. The van der Waals surface area contributed by atoms with Crippen molar-refractivity contribution in [2.45, 2.75) is 50.6 Å². The number of aryl methyl sites for hydroxylation is 1. The van der Waals surface area contributed by atoms with Crippen molar-refractivity contribution in [2.75, 3.05) is 24.5 Å². The molecule has 4 heteroatoms. The average molecular weight is 479 g/mol. The standard InChI is InChI=1S/C29H32Cl2N2/c1-21-19-26(31)13-16-28(21)33-18-17-32(20-29(33)24-7-11-25(30)12-8-24)27-14-9-23(10-15-27)22-5-3-2-4-6-22/h2-8,11-13,16,19,23,27,29H,9-10,14-15,17-18,20H2,1H3. The van der Waals surface area contributed by atoms with Gasteiger partial charge in [0.05, 0.1) is 6.04 Å². The van der Waals surface area contributed by atoms with Gasteiger partial charge in [0, 0.05) is 41.4 Å². The molecule has 1 aliphatic carbocycles. The van der Waals surface area contributed by atoms with E-state index in [1.165, 1.54) is 48.1 Å². The van der Waals surface area contributed by atoms with Gasteiger partial charge in [0.15, 0.2) is 0 Å². The van der Waals surface area contributed by atoms with Crippen LogP contribution in [0.4, 0.5) is 5.69 Å².